The molecular formula is C22H25FN2O2. The van der Waals surface area contributed by atoms with Gasteiger partial charge in [0.2, 0.25) is 0 Å². The molecule has 142 valence electrons. The van der Waals surface area contributed by atoms with Crippen LogP contribution in [0.5, 0.6) is 0 Å². The van der Waals surface area contributed by atoms with E-state index in [4.69, 9.17) is 0 Å². The number of hydrogen-bond acceptors (Lipinski definition) is 2. The smallest absolute Gasteiger partial charge is 0.257 e. The van der Waals surface area contributed by atoms with Crippen molar-refractivity contribution < 1.29 is 14.0 Å². The summed E-state index contributed by atoms with van der Waals surface area (Å²) in [5.74, 6) is -0.723. The molecule has 0 N–H and O–H groups in total. The van der Waals surface area contributed by atoms with Crippen LogP contribution in [-0.2, 0) is 0 Å². The molecule has 0 saturated carbocycles. The monoisotopic (exact) mass is 368 g/mol. The van der Waals surface area contributed by atoms with Gasteiger partial charge >= 0.3 is 0 Å². The lowest BCUT2D eigenvalue weighted by molar-refractivity contribution is 0.0516. The van der Waals surface area contributed by atoms with E-state index in [0.717, 1.165) is 6.42 Å². The van der Waals surface area contributed by atoms with Gasteiger partial charge in [0.05, 0.1) is 5.56 Å². The molecule has 0 aromatic heterocycles. The van der Waals surface area contributed by atoms with Gasteiger partial charge in [0, 0.05) is 31.2 Å². The van der Waals surface area contributed by atoms with Crippen LogP contribution in [0.3, 0.4) is 0 Å². The van der Waals surface area contributed by atoms with Crippen molar-refractivity contribution in [1.29, 1.82) is 0 Å². The van der Waals surface area contributed by atoms with Crippen molar-refractivity contribution >= 4 is 11.8 Å². The molecule has 2 amide bonds. The van der Waals surface area contributed by atoms with E-state index in [2.05, 4.69) is 0 Å². The van der Waals surface area contributed by atoms with E-state index < -0.39 is 5.82 Å². The van der Waals surface area contributed by atoms with E-state index in [1.807, 2.05) is 42.2 Å². The number of carbonyl (C=O) groups excluding carboxylic acids is 2. The standard InChI is InChI=1S/C22H25FN2O2/c1-2-14-25(22(27)19-10-6-7-11-20(19)23)18-12-15-24(16-13-18)21(26)17-8-4-3-5-9-17/h3-11,18H,2,12-16H2,1H3. The molecule has 0 bridgehead atoms. The van der Waals surface area contributed by atoms with E-state index in [0.29, 0.717) is 38.0 Å². The van der Waals surface area contributed by atoms with Crippen molar-refractivity contribution in [3.63, 3.8) is 0 Å². The van der Waals surface area contributed by atoms with Crippen molar-refractivity contribution in [3.05, 3.63) is 71.5 Å². The van der Waals surface area contributed by atoms with Crippen LogP contribution in [-0.4, -0.2) is 47.3 Å². The second kappa shape index (κ2) is 8.80. The summed E-state index contributed by atoms with van der Waals surface area (Å²) < 4.78 is 14.1. The third-order valence-corrected chi connectivity index (χ3v) is 5.04. The Bertz CT molecular complexity index is 786. The summed E-state index contributed by atoms with van der Waals surface area (Å²) in [6.45, 7) is 3.80. The molecule has 0 radical (unpaired) electrons. The van der Waals surface area contributed by atoms with Crippen LogP contribution in [0.15, 0.2) is 54.6 Å². The number of likely N-dealkylation sites (tertiary alicyclic amines) is 1. The molecule has 1 saturated heterocycles. The number of nitrogens with zero attached hydrogens (tertiary/aromatic N) is 2. The lowest BCUT2D eigenvalue weighted by Gasteiger charge is -2.38. The van der Waals surface area contributed by atoms with Crippen molar-refractivity contribution in [2.24, 2.45) is 0 Å². The van der Waals surface area contributed by atoms with Crippen LogP contribution in [0.4, 0.5) is 4.39 Å². The normalized spacial score (nSPS) is 14.8. The predicted molar refractivity (Wildman–Crippen MR) is 103 cm³/mol. The van der Waals surface area contributed by atoms with Gasteiger partial charge in [-0.3, -0.25) is 9.59 Å². The highest BCUT2D eigenvalue weighted by atomic mass is 19.1. The fourth-order valence-electron chi connectivity index (χ4n) is 3.62. The largest absolute Gasteiger partial charge is 0.338 e. The summed E-state index contributed by atoms with van der Waals surface area (Å²) >= 11 is 0. The van der Waals surface area contributed by atoms with Gasteiger partial charge in [-0.1, -0.05) is 37.3 Å². The zero-order chi connectivity index (χ0) is 19.2. The summed E-state index contributed by atoms with van der Waals surface area (Å²) in [5, 5.41) is 0. The highest BCUT2D eigenvalue weighted by Gasteiger charge is 2.30. The summed E-state index contributed by atoms with van der Waals surface area (Å²) in [4.78, 5) is 29.1. The zero-order valence-electron chi connectivity index (χ0n) is 15.6. The van der Waals surface area contributed by atoms with Gasteiger partial charge in [-0.25, -0.2) is 4.39 Å². The average molecular weight is 368 g/mol. The molecule has 4 nitrogen and oxygen atoms in total. The molecular weight excluding hydrogens is 343 g/mol. The second-order valence-electron chi connectivity index (χ2n) is 6.87. The molecule has 2 aromatic rings. The number of rotatable bonds is 5. The Kier molecular flexibility index (Phi) is 6.22. The summed E-state index contributed by atoms with van der Waals surface area (Å²) in [6, 6.07) is 15.4. The van der Waals surface area contributed by atoms with Crippen LogP contribution in [0, 0.1) is 5.82 Å². The van der Waals surface area contributed by atoms with Gasteiger partial charge < -0.3 is 9.80 Å². The van der Waals surface area contributed by atoms with Crippen molar-refractivity contribution in [2.45, 2.75) is 32.2 Å². The van der Waals surface area contributed by atoms with Gasteiger partial charge in [-0.05, 0) is 43.5 Å². The molecule has 0 aliphatic carbocycles. The minimum Gasteiger partial charge on any atom is -0.338 e. The quantitative estimate of drug-likeness (QED) is 0.801. The molecule has 3 rings (SSSR count). The van der Waals surface area contributed by atoms with Crippen LogP contribution in [0.2, 0.25) is 0 Å². The first kappa shape index (κ1) is 19.1. The molecule has 5 heteroatoms. The molecule has 1 aliphatic rings. The van der Waals surface area contributed by atoms with Crippen LogP contribution in [0.1, 0.15) is 46.9 Å². The lowest BCUT2D eigenvalue weighted by Crippen LogP contribution is -2.49. The van der Waals surface area contributed by atoms with Crippen molar-refractivity contribution in [2.75, 3.05) is 19.6 Å². The molecule has 2 aromatic carbocycles. The van der Waals surface area contributed by atoms with Crippen LogP contribution >= 0.6 is 0 Å². The first-order chi connectivity index (χ1) is 13.1. The Morgan fingerprint density at radius 2 is 1.67 bits per heavy atom. The molecule has 0 spiro atoms. The SMILES string of the molecule is CCCN(C(=O)c1ccccc1F)C1CCN(C(=O)c2ccccc2)CC1. The fourth-order valence-corrected chi connectivity index (χ4v) is 3.62. The van der Waals surface area contributed by atoms with Crippen molar-refractivity contribution in [1.82, 2.24) is 9.80 Å². The Morgan fingerprint density at radius 1 is 1.04 bits per heavy atom. The Balaban J connectivity index is 1.68. The van der Waals surface area contributed by atoms with Gasteiger partial charge in [0.25, 0.3) is 11.8 Å². The summed E-state index contributed by atoms with van der Waals surface area (Å²) in [6.07, 6.45) is 2.22. The number of benzene rings is 2. The Morgan fingerprint density at radius 3 is 2.30 bits per heavy atom. The maximum Gasteiger partial charge on any atom is 0.257 e. The molecule has 0 unspecified atom stereocenters. The third-order valence-electron chi connectivity index (χ3n) is 5.04. The average Bonchev–Trinajstić information content (AvgIpc) is 2.72. The minimum atomic E-state index is -0.486. The Hall–Kier alpha value is -2.69. The maximum atomic E-state index is 14.1. The van der Waals surface area contributed by atoms with E-state index in [1.165, 1.54) is 12.1 Å². The topological polar surface area (TPSA) is 40.6 Å². The van der Waals surface area contributed by atoms with E-state index in [9.17, 15) is 14.0 Å². The first-order valence-corrected chi connectivity index (χ1v) is 9.51. The zero-order valence-corrected chi connectivity index (χ0v) is 15.6. The Labute approximate surface area is 159 Å². The van der Waals surface area contributed by atoms with E-state index >= 15 is 0 Å². The number of amides is 2. The third kappa shape index (κ3) is 4.35. The molecule has 1 heterocycles. The number of piperidine rings is 1. The first-order valence-electron chi connectivity index (χ1n) is 9.51. The number of hydrogen-bond donors (Lipinski definition) is 0. The van der Waals surface area contributed by atoms with E-state index in [1.54, 1.807) is 17.0 Å². The number of halogens is 1. The molecule has 27 heavy (non-hydrogen) atoms. The van der Waals surface area contributed by atoms with Crippen LogP contribution in [0.25, 0.3) is 0 Å². The lowest BCUT2D eigenvalue weighted by atomic mass is 10.0. The molecule has 1 aliphatic heterocycles. The summed E-state index contributed by atoms with van der Waals surface area (Å²) in [5.41, 5.74) is 0.803. The second-order valence-corrected chi connectivity index (χ2v) is 6.87. The molecule has 0 atom stereocenters. The highest BCUT2D eigenvalue weighted by molar-refractivity contribution is 5.95. The fraction of sp³-hybridized carbons (Fsp3) is 0.364. The number of carbonyl (C=O) groups is 2. The minimum absolute atomic E-state index is 0.0246. The predicted octanol–water partition coefficient (Wildman–Crippen LogP) is 3.98. The van der Waals surface area contributed by atoms with E-state index in [-0.39, 0.29) is 23.4 Å². The van der Waals surface area contributed by atoms with Gasteiger partial charge in [-0.2, -0.15) is 0 Å². The van der Waals surface area contributed by atoms with Crippen LogP contribution < -0.4 is 0 Å². The van der Waals surface area contributed by atoms with Crippen molar-refractivity contribution in [3.8, 4) is 0 Å². The molecule has 1 fully saturated rings. The van der Waals surface area contributed by atoms with Gasteiger partial charge in [0.15, 0.2) is 0 Å². The maximum absolute atomic E-state index is 14.1. The van der Waals surface area contributed by atoms with Gasteiger partial charge in [-0.15, -0.1) is 0 Å². The van der Waals surface area contributed by atoms with Gasteiger partial charge in [0.1, 0.15) is 5.82 Å². The summed E-state index contributed by atoms with van der Waals surface area (Å²) in [7, 11) is 0. The highest BCUT2D eigenvalue weighted by Crippen LogP contribution is 2.22.